The summed E-state index contributed by atoms with van der Waals surface area (Å²) in [5.41, 5.74) is 7.59. The Labute approximate surface area is 100 Å². The highest BCUT2D eigenvalue weighted by molar-refractivity contribution is 9.10. The standard InChI is InChI=1S/C13H18BrN/c14-12-8-4-7-11(9-12)13(15)10-5-2-1-3-6-10/h4,7-10,13H,1-3,5-6,15H2. The third-order valence-corrected chi connectivity index (χ3v) is 3.88. The quantitative estimate of drug-likeness (QED) is 0.861. The molecule has 15 heavy (non-hydrogen) atoms. The van der Waals surface area contributed by atoms with E-state index in [9.17, 15) is 0 Å². The smallest absolute Gasteiger partial charge is 0.0323 e. The van der Waals surface area contributed by atoms with Crippen molar-refractivity contribution in [3.8, 4) is 0 Å². The maximum atomic E-state index is 6.32. The van der Waals surface area contributed by atoms with Crippen molar-refractivity contribution in [2.75, 3.05) is 0 Å². The number of halogens is 1. The van der Waals surface area contributed by atoms with E-state index in [1.54, 1.807) is 0 Å². The summed E-state index contributed by atoms with van der Waals surface area (Å²) < 4.78 is 1.13. The molecule has 0 bridgehead atoms. The van der Waals surface area contributed by atoms with Gasteiger partial charge in [0, 0.05) is 10.5 Å². The minimum absolute atomic E-state index is 0.225. The SMILES string of the molecule is NC(c1cccc(Br)c1)C1CCCCC1. The first-order valence-electron chi connectivity index (χ1n) is 5.78. The monoisotopic (exact) mass is 267 g/mol. The second-order valence-electron chi connectivity index (χ2n) is 4.48. The van der Waals surface area contributed by atoms with E-state index < -0.39 is 0 Å². The Morgan fingerprint density at radius 1 is 1.20 bits per heavy atom. The zero-order valence-corrected chi connectivity index (χ0v) is 10.5. The molecule has 0 aromatic heterocycles. The summed E-state index contributed by atoms with van der Waals surface area (Å²) in [5.74, 6) is 0.688. The van der Waals surface area contributed by atoms with E-state index in [1.807, 2.05) is 0 Å². The van der Waals surface area contributed by atoms with Crippen LogP contribution in [0.2, 0.25) is 0 Å². The second kappa shape index (κ2) is 5.13. The molecule has 1 saturated carbocycles. The first-order chi connectivity index (χ1) is 7.27. The maximum absolute atomic E-state index is 6.32. The number of rotatable bonds is 2. The van der Waals surface area contributed by atoms with Gasteiger partial charge in [0.25, 0.3) is 0 Å². The Hall–Kier alpha value is -0.340. The summed E-state index contributed by atoms with van der Waals surface area (Å²) >= 11 is 3.50. The van der Waals surface area contributed by atoms with Gasteiger partial charge >= 0.3 is 0 Å². The molecule has 1 aliphatic rings. The van der Waals surface area contributed by atoms with Crippen LogP contribution in [0.4, 0.5) is 0 Å². The van der Waals surface area contributed by atoms with Crippen LogP contribution in [0.5, 0.6) is 0 Å². The van der Waals surface area contributed by atoms with Gasteiger partial charge in [-0.25, -0.2) is 0 Å². The average molecular weight is 268 g/mol. The Bertz CT molecular complexity index is 318. The van der Waals surface area contributed by atoms with Gasteiger partial charge < -0.3 is 5.73 Å². The highest BCUT2D eigenvalue weighted by Gasteiger charge is 2.21. The van der Waals surface area contributed by atoms with E-state index in [0.717, 1.165) is 4.47 Å². The van der Waals surface area contributed by atoms with Gasteiger partial charge in [0.05, 0.1) is 0 Å². The van der Waals surface area contributed by atoms with Gasteiger partial charge in [-0.05, 0) is 36.5 Å². The largest absolute Gasteiger partial charge is 0.324 e. The van der Waals surface area contributed by atoms with Crippen LogP contribution in [0.1, 0.15) is 43.7 Å². The predicted octanol–water partition coefficient (Wildman–Crippen LogP) is 4.03. The van der Waals surface area contributed by atoms with Gasteiger partial charge in [-0.15, -0.1) is 0 Å². The highest BCUT2D eigenvalue weighted by atomic mass is 79.9. The lowest BCUT2D eigenvalue weighted by molar-refractivity contribution is 0.308. The predicted molar refractivity (Wildman–Crippen MR) is 67.6 cm³/mol. The van der Waals surface area contributed by atoms with E-state index >= 15 is 0 Å². The zero-order chi connectivity index (χ0) is 10.7. The average Bonchev–Trinajstić information content (AvgIpc) is 2.29. The lowest BCUT2D eigenvalue weighted by atomic mass is 9.82. The van der Waals surface area contributed by atoms with E-state index in [0.29, 0.717) is 5.92 Å². The van der Waals surface area contributed by atoms with E-state index in [2.05, 4.69) is 40.2 Å². The summed E-state index contributed by atoms with van der Waals surface area (Å²) in [5, 5.41) is 0. The summed E-state index contributed by atoms with van der Waals surface area (Å²) in [4.78, 5) is 0. The fourth-order valence-corrected chi connectivity index (χ4v) is 2.90. The molecule has 0 radical (unpaired) electrons. The maximum Gasteiger partial charge on any atom is 0.0323 e. The molecule has 1 aromatic rings. The van der Waals surface area contributed by atoms with Crippen LogP contribution in [0.25, 0.3) is 0 Å². The molecule has 1 fully saturated rings. The van der Waals surface area contributed by atoms with Gasteiger partial charge in [-0.1, -0.05) is 47.3 Å². The van der Waals surface area contributed by atoms with Crippen molar-refractivity contribution in [3.63, 3.8) is 0 Å². The van der Waals surface area contributed by atoms with Crippen LogP contribution in [0, 0.1) is 5.92 Å². The minimum Gasteiger partial charge on any atom is -0.324 e. The van der Waals surface area contributed by atoms with Gasteiger partial charge in [0.1, 0.15) is 0 Å². The Kier molecular flexibility index (Phi) is 3.81. The van der Waals surface area contributed by atoms with Crippen molar-refractivity contribution in [1.82, 2.24) is 0 Å². The topological polar surface area (TPSA) is 26.0 Å². The molecule has 2 rings (SSSR count). The first kappa shape index (κ1) is 11.2. The number of benzene rings is 1. The zero-order valence-electron chi connectivity index (χ0n) is 8.95. The first-order valence-corrected chi connectivity index (χ1v) is 6.58. The molecule has 1 unspecified atom stereocenters. The van der Waals surface area contributed by atoms with E-state index in [1.165, 1.54) is 37.7 Å². The second-order valence-corrected chi connectivity index (χ2v) is 5.39. The molecule has 1 aromatic carbocycles. The van der Waals surface area contributed by atoms with Crippen LogP contribution in [0.15, 0.2) is 28.7 Å². The van der Waals surface area contributed by atoms with Crippen molar-refractivity contribution in [1.29, 1.82) is 0 Å². The molecular weight excluding hydrogens is 250 g/mol. The van der Waals surface area contributed by atoms with Crippen molar-refractivity contribution in [3.05, 3.63) is 34.3 Å². The Morgan fingerprint density at radius 2 is 1.93 bits per heavy atom. The number of hydrogen-bond donors (Lipinski definition) is 1. The molecule has 1 aliphatic carbocycles. The van der Waals surface area contributed by atoms with Crippen LogP contribution in [0.3, 0.4) is 0 Å². The molecule has 0 spiro atoms. The normalized spacial score (nSPS) is 20.1. The summed E-state index contributed by atoms with van der Waals surface area (Å²) in [6.45, 7) is 0. The Morgan fingerprint density at radius 3 is 2.60 bits per heavy atom. The van der Waals surface area contributed by atoms with E-state index in [-0.39, 0.29) is 6.04 Å². The third-order valence-electron chi connectivity index (χ3n) is 3.39. The molecule has 1 atom stereocenters. The molecule has 0 heterocycles. The lowest BCUT2D eigenvalue weighted by Crippen LogP contribution is -2.23. The van der Waals surface area contributed by atoms with Crippen molar-refractivity contribution < 1.29 is 0 Å². The van der Waals surface area contributed by atoms with Crippen LogP contribution >= 0.6 is 15.9 Å². The van der Waals surface area contributed by atoms with Gasteiger partial charge in [0.15, 0.2) is 0 Å². The van der Waals surface area contributed by atoms with E-state index in [4.69, 9.17) is 5.73 Å². The Balaban J connectivity index is 2.08. The highest BCUT2D eigenvalue weighted by Crippen LogP contribution is 2.33. The summed E-state index contributed by atoms with van der Waals surface area (Å²) in [7, 11) is 0. The molecule has 2 N–H and O–H groups in total. The molecular formula is C13H18BrN. The summed E-state index contributed by atoms with van der Waals surface area (Å²) in [6, 6.07) is 8.64. The minimum atomic E-state index is 0.225. The van der Waals surface area contributed by atoms with Crippen LogP contribution in [-0.4, -0.2) is 0 Å². The van der Waals surface area contributed by atoms with Crippen LogP contribution in [-0.2, 0) is 0 Å². The van der Waals surface area contributed by atoms with Crippen molar-refractivity contribution in [2.24, 2.45) is 11.7 Å². The van der Waals surface area contributed by atoms with Crippen molar-refractivity contribution >= 4 is 15.9 Å². The third kappa shape index (κ3) is 2.82. The molecule has 2 heteroatoms. The molecule has 1 nitrogen and oxygen atoms in total. The fourth-order valence-electron chi connectivity index (χ4n) is 2.48. The van der Waals surface area contributed by atoms with Gasteiger partial charge in [0.2, 0.25) is 0 Å². The van der Waals surface area contributed by atoms with Crippen LogP contribution < -0.4 is 5.73 Å². The van der Waals surface area contributed by atoms with Crippen molar-refractivity contribution in [2.45, 2.75) is 38.1 Å². The molecule has 0 amide bonds. The lowest BCUT2D eigenvalue weighted by Gasteiger charge is -2.27. The van der Waals surface area contributed by atoms with Gasteiger partial charge in [-0.3, -0.25) is 0 Å². The number of hydrogen-bond acceptors (Lipinski definition) is 1. The molecule has 0 saturated heterocycles. The summed E-state index contributed by atoms with van der Waals surface area (Å²) in [6.07, 6.45) is 6.70. The van der Waals surface area contributed by atoms with Gasteiger partial charge in [-0.2, -0.15) is 0 Å². The fraction of sp³-hybridized carbons (Fsp3) is 0.538. The molecule has 0 aliphatic heterocycles. The molecule has 82 valence electrons. The number of nitrogens with two attached hydrogens (primary N) is 1.